The number of ether oxygens (including phenoxy) is 1. The van der Waals surface area contributed by atoms with E-state index < -0.39 is 10.0 Å². The Morgan fingerprint density at radius 3 is 2.32 bits per heavy atom. The molecule has 1 fully saturated rings. The van der Waals surface area contributed by atoms with Crippen LogP contribution < -0.4 is 4.74 Å². The molecule has 1 saturated heterocycles. The van der Waals surface area contributed by atoms with E-state index in [9.17, 15) is 13.2 Å². The van der Waals surface area contributed by atoms with Crippen LogP contribution in [-0.2, 0) is 10.0 Å². The maximum absolute atomic E-state index is 12.9. The summed E-state index contributed by atoms with van der Waals surface area (Å²) in [5.74, 6) is 0.345. The van der Waals surface area contributed by atoms with Gasteiger partial charge in [0.15, 0.2) is 5.69 Å². The monoisotopic (exact) mass is 460 g/mol. The highest BCUT2D eigenvalue weighted by Crippen LogP contribution is 2.22. The minimum Gasteiger partial charge on any atom is -0.497 e. The minimum absolute atomic E-state index is 0.201. The zero-order chi connectivity index (χ0) is 22.0. The number of carbonyl (C=O) groups excluding carboxylic acids is 1. The van der Waals surface area contributed by atoms with Crippen LogP contribution in [0.4, 0.5) is 0 Å². The summed E-state index contributed by atoms with van der Waals surface area (Å²) in [5.41, 5.74) is 0.963. The largest absolute Gasteiger partial charge is 0.497 e. The molecule has 0 aliphatic carbocycles. The van der Waals surface area contributed by atoms with Crippen LogP contribution in [-0.4, -0.2) is 66.6 Å². The highest BCUT2D eigenvalue weighted by atomic mass is 35.5. The first-order chi connectivity index (χ1) is 14.9. The van der Waals surface area contributed by atoms with Crippen LogP contribution in [0.1, 0.15) is 10.5 Å². The summed E-state index contributed by atoms with van der Waals surface area (Å²) in [7, 11) is -2.11. The fraction of sp³-hybridized carbons (Fsp3) is 0.238. The molecule has 0 spiro atoms. The van der Waals surface area contributed by atoms with Crippen molar-refractivity contribution in [2.45, 2.75) is 4.90 Å². The van der Waals surface area contributed by atoms with Gasteiger partial charge in [-0.05, 0) is 42.5 Å². The van der Waals surface area contributed by atoms with Crippen LogP contribution in [0, 0.1) is 0 Å². The lowest BCUT2D eigenvalue weighted by Crippen LogP contribution is -2.50. The number of aromatic nitrogens is 2. The summed E-state index contributed by atoms with van der Waals surface area (Å²) < 4.78 is 33.8. The average Bonchev–Trinajstić information content (AvgIpc) is 3.29. The highest BCUT2D eigenvalue weighted by molar-refractivity contribution is 7.89. The van der Waals surface area contributed by atoms with Crippen molar-refractivity contribution >= 4 is 27.5 Å². The van der Waals surface area contributed by atoms with E-state index in [1.54, 1.807) is 40.0 Å². The Labute approximate surface area is 185 Å². The Bertz CT molecular complexity index is 1190. The summed E-state index contributed by atoms with van der Waals surface area (Å²) >= 11 is 6.20. The minimum atomic E-state index is -3.63. The van der Waals surface area contributed by atoms with Crippen molar-refractivity contribution in [3.05, 3.63) is 71.5 Å². The average molecular weight is 461 g/mol. The van der Waals surface area contributed by atoms with Crippen LogP contribution in [0.25, 0.3) is 5.69 Å². The fourth-order valence-corrected chi connectivity index (χ4v) is 5.04. The molecule has 8 nitrogen and oxygen atoms in total. The zero-order valence-electron chi connectivity index (χ0n) is 16.8. The van der Waals surface area contributed by atoms with Gasteiger partial charge in [-0.25, -0.2) is 13.1 Å². The van der Waals surface area contributed by atoms with E-state index >= 15 is 0 Å². The second-order valence-corrected chi connectivity index (χ2v) is 9.31. The van der Waals surface area contributed by atoms with E-state index in [1.165, 1.54) is 23.5 Å². The van der Waals surface area contributed by atoms with Crippen molar-refractivity contribution in [1.82, 2.24) is 19.0 Å². The summed E-state index contributed by atoms with van der Waals surface area (Å²) in [6, 6.07) is 15.1. The number of piperazine rings is 1. The number of para-hydroxylation sites is 1. The normalized spacial score (nSPS) is 15.1. The number of sulfonamides is 1. The Morgan fingerprint density at radius 1 is 1.00 bits per heavy atom. The summed E-state index contributed by atoms with van der Waals surface area (Å²) in [5, 5.41) is 4.88. The van der Waals surface area contributed by atoms with Gasteiger partial charge in [0.25, 0.3) is 5.91 Å². The molecule has 0 saturated carbocycles. The summed E-state index contributed by atoms with van der Waals surface area (Å²) in [6.07, 6.45) is 1.68. The molecule has 162 valence electrons. The smallest absolute Gasteiger partial charge is 0.274 e. The van der Waals surface area contributed by atoms with E-state index in [2.05, 4.69) is 5.10 Å². The molecule has 2 heterocycles. The van der Waals surface area contributed by atoms with Crippen molar-refractivity contribution in [1.29, 1.82) is 0 Å². The number of nitrogens with zero attached hydrogens (tertiary/aromatic N) is 4. The number of hydrogen-bond acceptors (Lipinski definition) is 5. The van der Waals surface area contributed by atoms with Gasteiger partial charge in [0.05, 0.1) is 22.7 Å². The third kappa shape index (κ3) is 4.30. The molecule has 0 unspecified atom stereocenters. The van der Waals surface area contributed by atoms with E-state index in [0.29, 0.717) is 16.5 Å². The molecule has 1 aromatic heterocycles. The van der Waals surface area contributed by atoms with E-state index in [0.717, 1.165) is 0 Å². The lowest BCUT2D eigenvalue weighted by Gasteiger charge is -2.33. The van der Waals surface area contributed by atoms with E-state index in [4.69, 9.17) is 16.3 Å². The number of rotatable bonds is 5. The molecule has 0 radical (unpaired) electrons. The van der Waals surface area contributed by atoms with E-state index in [1.807, 2.05) is 18.2 Å². The van der Waals surface area contributed by atoms with Crippen LogP contribution >= 0.6 is 11.6 Å². The number of methoxy groups -OCH3 is 1. The lowest BCUT2D eigenvalue weighted by atomic mass is 10.3. The standard InChI is InChI=1S/C21H21ClN4O4S/c1-30-16-6-8-17(9-7-16)31(28,29)25-14-12-24(13-15-25)21(27)19-10-11-26(23-19)20-5-3-2-4-18(20)22/h2-11H,12-15H2,1H3. The predicted molar refractivity (Wildman–Crippen MR) is 116 cm³/mol. The first kappa shape index (κ1) is 21.4. The summed E-state index contributed by atoms with van der Waals surface area (Å²) in [6.45, 7) is 0.997. The van der Waals surface area contributed by atoms with Gasteiger partial charge in [-0.15, -0.1) is 0 Å². The topological polar surface area (TPSA) is 84.7 Å². The van der Waals surface area contributed by atoms with Gasteiger partial charge < -0.3 is 9.64 Å². The molecular formula is C21H21ClN4O4S. The van der Waals surface area contributed by atoms with Crippen LogP contribution in [0.2, 0.25) is 5.02 Å². The molecule has 0 bridgehead atoms. The molecule has 2 aromatic carbocycles. The Balaban J connectivity index is 1.43. The molecule has 1 aliphatic heterocycles. The quantitative estimate of drug-likeness (QED) is 0.584. The number of carbonyl (C=O) groups is 1. The van der Waals surface area contributed by atoms with Crippen molar-refractivity contribution in [2.75, 3.05) is 33.3 Å². The van der Waals surface area contributed by atoms with Crippen molar-refractivity contribution < 1.29 is 17.9 Å². The summed E-state index contributed by atoms with van der Waals surface area (Å²) in [4.78, 5) is 14.7. The molecule has 0 atom stereocenters. The van der Waals surface area contributed by atoms with Gasteiger partial charge in [-0.2, -0.15) is 9.40 Å². The third-order valence-electron chi connectivity index (χ3n) is 5.13. The van der Waals surface area contributed by atoms with Gasteiger partial charge in [0.2, 0.25) is 10.0 Å². The second-order valence-electron chi connectivity index (χ2n) is 6.97. The van der Waals surface area contributed by atoms with E-state index in [-0.39, 0.29) is 42.7 Å². The molecule has 3 aromatic rings. The predicted octanol–water partition coefficient (Wildman–Crippen LogP) is 2.68. The SMILES string of the molecule is COc1ccc(S(=O)(=O)N2CCN(C(=O)c3ccn(-c4ccccc4Cl)n3)CC2)cc1. The molecule has 10 heteroatoms. The first-order valence-corrected chi connectivity index (χ1v) is 11.5. The van der Waals surface area contributed by atoms with Crippen LogP contribution in [0.15, 0.2) is 65.7 Å². The Morgan fingerprint density at radius 2 is 1.68 bits per heavy atom. The molecule has 1 aliphatic rings. The van der Waals surface area contributed by atoms with Crippen molar-refractivity contribution in [3.8, 4) is 11.4 Å². The zero-order valence-corrected chi connectivity index (χ0v) is 18.4. The Kier molecular flexibility index (Phi) is 5.99. The van der Waals surface area contributed by atoms with Crippen LogP contribution in [0.5, 0.6) is 5.75 Å². The number of benzene rings is 2. The number of halogens is 1. The molecular weight excluding hydrogens is 440 g/mol. The van der Waals surface area contributed by atoms with Crippen LogP contribution in [0.3, 0.4) is 0 Å². The molecule has 31 heavy (non-hydrogen) atoms. The molecule has 4 rings (SSSR count). The number of hydrogen-bond donors (Lipinski definition) is 0. The lowest BCUT2D eigenvalue weighted by molar-refractivity contribution is 0.0691. The molecule has 0 N–H and O–H groups in total. The van der Waals surface area contributed by atoms with Gasteiger partial charge in [0.1, 0.15) is 5.75 Å². The van der Waals surface area contributed by atoms with Crippen molar-refractivity contribution in [2.24, 2.45) is 0 Å². The van der Waals surface area contributed by atoms with Gasteiger partial charge >= 0.3 is 0 Å². The highest BCUT2D eigenvalue weighted by Gasteiger charge is 2.31. The van der Waals surface area contributed by atoms with Gasteiger partial charge in [0, 0.05) is 32.4 Å². The van der Waals surface area contributed by atoms with Gasteiger partial charge in [-0.3, -0.25) is 4.79 Å². The Hall–Kier alpha value is -2.88. The van der Waals surface area contributed by atoms with Crippen molar-refractivity contribution in [3.63, 3.8) is 0 Å². The third-order valence-corrected chi connectivity index (χ3v) is 7.36. The number of amides is 1. The molecule has 1 amide bonds. The maximum Gasteiger partial charge on any atom is 0.274 e. The fourth-order valence-electron chi connectivity index (χ4n) is 3.40. The maximum atomic E-state index is 12.9. The first-order valence-electron chi connectivity index (χ1n) is 9.64. The second kappa shape index (κ2) is 8.70. The van der Waals surface area contributed by atoms with Gasteiger partial charge in [-0.1, -0.05) is 23.7 Å².